The van der Waals surface area contributed by atoms with Crippen molar-refractivity contribution >= 4 is 33.1 Å². The molecule has 0 radical (unpaired) electrons. The molecule has 2 aromatic carbocycles. The van der Waals surface area contributed by atoms with E-state index < -0.39 is 6.04 Å². The van der Waals surface area contributed by atoms with E-state index in [9.17, 15) is 9.59 Å². The van der Waals surface area contributed by atoms with Crippen molar-refractivity contribution in [2.24, 2.45) is 0 Å². The first kappa shape index (κ1) is 22.7. The minimum atomic E-state index is -0.714. The number of carbonyl (C=O) groups excluding carboxylic acids is 1. The molecule has 1 unspecified atom stereocenters. The third-order valence-corrected chi connectivity index (χ3v) is 6.71. The number of carbonyl (C=O) groups is 1. The molecule has 6 nitrogen and oxygen atoms in total. The summed E-state index contributed by atoms with van der Waals surface area (Å²) in [5.41, 5.74) is 3.45. The molecule has 33 heavy (non-hydrogen) atoms. The molecule has 0 fully saturated rings. The number of amides is 1. The Kier molecular flexibility index (Phi) is 6.60. The average Bonchev–Trinajstić information content (AvgIpc) is 3.17. The number of hydrogen-bond donors (Lipinski definition) is 1. The Hall–Kier alpha value is -3.45. The van der Waals surface area contributed by atoms with Crippen molar-refractivity contribution in [1.82, 2.24) is 9.55 Å². The van der Waals surface area contributed by atoms with E-state index in [0.29, 0.717) is 22.5 Å². The quantitative estimate of drug-likeness (QED) is 0.389. The molecule has 4 aromatic rings. The van der Waals surface area contributed by atoms with Gasteiger partial charge in [-0.05, 0) is 62.6 Å². The highest BCUT2D eigenvalue weighted by atomic mass is 32.1. The predicted octanol–water partition coefficient (Wildman–Crippen LogP) is 5.59. The zero-order chi connectivity index (χ0) is 23.5. The number of nitrogens with one attached hydrogen (secondary N) is 1. The number of fused-ring (bicyclic) bond motifs is 1. The summed E-state index contributed by atoms with van der Waals surface area (Å²) in [6.07, 6.45) is 2.40. The van der Waals surface area contributed by atoms with Gasteiger partial charge >= 0.3 is 0 Å². The smallest absolute Gasteiger partial charge is 0.263 e. The van der Waals surface area contributed by atoms with E-state index in [2.05, 4.69) is 17.2 Å². The molecular formula is C26H27N3O3S. The van der Waals surface area contributed by atoms with Crippen LogP contribution in [0.5, 0.6) is 5.75 Å². The normalized spacial score (nSPS) is 12.0. The van der Waals surface area contributed by atoms with E-state index in [-0.39, 0.29) is 11.5 Å². The zero-order valence-electron chi connectivity index (χ0n) is 19.2. The van der Waals surface area contributed by atoms with Crippen molar-refractivity contribution in [2.45, 2.75) is 40.2 Å². The maximum Gasteiger partial charge on any atom is 0.263 e. The lowest BCUT2D eigenvalue weighted by atomic mass is 10.0. The Labute approximate surface area is 196 Å². The number of aromatic nitrogens is 2. The largest absolute Gasteiger partial charge is 0.494 e. The molecular weight excluding hydrogens is 434 g/mol. The molecule has 0 saturated carbocycles. The molecule has 0 spiro atoms. The van der Waals surface area contributed by atoms with E-state index in [1.54, 1.807) is 6.92 Å². The van der Waals surface area contributed by atoms with Gasteiger partial charge in [-0.2, -0.15) is 0 Å². The van der Waals surface area contributed by atoms with Crippen LogP contribution in [0.1, 0.15) is 37.3 Å². The molecule has 0 bridgehead atoms. The number of hydrogen-bond acceptors (Lipinski definition) is 5. The van der Waals surface area contributed by atoms with Crippen molar-refractivity contribution in [2.75, 3.05) is 11.9 Å². The molecule has 4 rings (SSSR count). The van der Waals surface area contributed by atoms with Crippen molar-refractivity contribution in [3.05, 3.63) is 75.7 Å². The van der Waals surface area contributed by atoms with Gasteiger partial charge in [0.25, 0.3) is 5.56 Å². The lowest BCUT2D eigenvalue weighted by Crippen LogP contribution is -2.31. The average molecular weight is 462 g/mol. The monoisotopic (exact) mass is 461 g/mol. The molecule has 1 N–H and O–H groups in total. The van der Waals surface area contributed by atoms with Crippen LogP contribution in [0.15, 0.2) is 59.7 Å². The van der Waals surface area contributed by atoms with Crippen molar-refractivity contribution in [3.8, 4) is 16.9 Å². The van der Waals surface area contributed by atoms with Gasteiger partial charge in [0.15, 0.2) is 0 Å². The second-order valence-corrected chi connectivity index (χ2v) is 9.05. The zero-order valence-corrected chi connectivity index (χ0v) is 20.0. The van der Waals surface area contributed by atoms with Crippen molar-refractivity contribution in [1.29, 1.82) is 0 Å². The van der Waals surface area contributed by atoms with E-state index in [4.69, 9.17) is 4.74 Å². The van der Waals surface area contributed by atoms with Gasteiger partial charge in [-0.15, -0.1) is 11.3 Å². The van der Waals surface area contributed by atoms with Crippen LogP contribution in [0.25, 0.3) is 21.3 Å². The Morgan fingerprint density at radius 3 is 2.45 bits per heavy atom. The third kappa shape index (κ3) is 4.54. The predicted molar refractivity (Wildman–Crippen MR) is 134 cm³/mol. The van der Waals surface area contributed by atoms with Crippen LogP contribution in [0.2, 0.25) is 0 Å². The first-order chi connectivity index (χ1) is 15.9. The summed E-state index contributed by atoms with van der Waals surface area (Å²) in [7, 11) is 0. The number of benzene rings is 2. The lowest BCUT2D eigenvalue weighted by molar-refractivity contribution is -0.118. The highest BCUT2D eigenvalue weighted by molar-refractivity contribution is 7.19. The summed E-state index contributed by atoms with van der Waals surface area (Å²) in [4.78, 5) is 32.6. The Morgan fingerprint density at radius 1 is 1.12 bits per heavy atom. The number of aryl methyl sites for hydroxylation is 2. The molecule has 2 aromatic heterocycles. The van der Waals surface area contributed by atoms with Crippen LogP contribution in [-0.2, 0) is 11.2 Å². The Morgan fingerprint density at radius 2 is 1.82 bits per heavy atom. The summed E-state index contributed by atoms with van der Waals surface area (Å²) in [5.74, 6) is 0.517. The molecule has 7 heteroatoms. The van der Waals surface area contributed by atoms with Gasteiger partial charge < -0.3 is 10.1 Å². The molecule has 0 aliphatic rings. The number of thiophene rings is 1. The second-order valence-electron chi connectivity index (χ2n) is 7.84. The van der Waals surface area contributed by atoms with Crippen molar-refractivity contribution < 1.29 is 9.53 Å². The highest BCUT2D eigenvalue weighted by Gasteiger charge is 2.22. The van der Waals surface area contributed by atoms with Crippen LogP contribution in [0.3, 0.4) is 0 Å². The van der Waals surface area contributed by atoms with E-state index in [1.807, 2.05) is 62.4 Å². The molecule has 0 aliphatic carbocycles. The fraction of sp³-hybridized carbons (Fsp3) is 0.269. The molecule has 2 heterocycles. The molecule has 0 saturated heterocycles. The summed E-state index contributed by atoms with van der Waals surface area (Å²) < 4.78 is 6.94. The van der Waals surface area contributed by atoms with Gasteiger partial charge in [-0.25, -0.2) is 4.98 Å². The Bertz CT molecular complexity index is 1340. The standard InChI is InChI=1S/C26H27N3O3S/c1-5-18-7-11-20(12-8-18)28-24(30)16(3)29-15-27-25-23(26(29)31)22(17(4)33-25)19-9-13-21(14-10-19)32-6-2/h7-16H,5-6H2,1-4H3,(H,28,30). The van der Waals surface area contributed by atoms with Gasteiger partial charge in [0, 0.05) is 16.1 Å². The van der Waals surface area contributed by atoms with Crippen LogP contribution in [-0.4, -0.2) is 22.1 Å². The van der Waals surface area contributed by atoms with Gasteiger partial charge in [0.2, 0.25) is 5.91 Å². The van der Waals surface area contributed by atoms with E-state index in [1.165, 1.54) is 27.8 Å². The third-order valence-electron chi connectivity index (χ3n) is 5.69. The van der Waals surface area contributed by atoms with Crippen LogP contribution >= 0.6 is 11.3 Å². The van der Waals surface area contributed by atoms with Gasteiger partial charge in [-0.1, -0.05) is 31.2 Å². The fourth-order valence-corrected chi connectivity index (χ4v) is 4.82. The molecule has 0 aliphatic heterocycles. The molecule has 170 valence electrons. The van der Waals surface area contributed by atoms with Crippen LogP contribution in [0.4, 0.5) is 5.69 Å². The highest BCUT2D eigenvalue weighted by Crippen LogP contribution is 2.36. The number of rotatable bonds is 7. The summed E-state index contributed by atoms with van der Waals surface area (Å²) >= 11 is 1.48. The maximum atomic E-state index is 13.5. The first-order valence-corrected chi connectivity index (χ1v) is 11.9. The topological polar surface area (TPSA) is 73.2 Å². The van der Waals surface area contributed by atoms with Crippen LogP contribution < -0.4 is 15.6 Å². The van der Waals surface area contributed by atoms with E-state index >= 15 is 0 Å². The summed E-state index contributed by atoms with van der Waals surface area (Å²) in [5, 5.41) is 3.44. The molecule has 1 amide bonds. The lowest BCUT2D eigenvalue weighted by Gasteiger charge is -2.15. The first-order valence-electron chi connectivity index (χ1n) is 11.1. The van der Waals surface area contributed by atoms with Gasteiger partial charge in [-0.3, -0.25) is 14.2 Å². The van der Waals surface area contributed by atoms with Crippen molar-refractivity contribution in [3.63, 3.8) is 0 Å². The molecule has 1 atom stereocenters. The second kappa shape index (κ2) is 9.58. The minimum Gasteiger partial charge on any atom is -0.494 e. The minimum absolute atomic E-state index is 0.225. The fourth-order valence-electron chi connectivity index (χ4n) is 3.82. The van der Waals surface area contributed by atoms with Gasteiger partial charge in [0.05, 0.1) is 18.3 Å². The van der Waals surface area contributed by atoms with Gasteiger partial charge in [0.1, 0.15) is 16.6 Å². The van der Waals surface area contributed by atoms with Crippen LogP contribution in [0, 0.1) is 6.92 Å². The number of ether oxygens (including phenoxy) is 1. The summed E-state index contributed by atoms with van der Waals surface area (Å²) in [6, 6.07) is 14.7. The Balaban J connectivity index is 1.68. The SMILES string of the molecule is CCOc1ccc(-c2c(C)sc3ncn(C(C)C(=O)Nc4ccc(CC)cc4)c(=O)c23)cc1. The summed E-state index contributed by atoms with van der Waals surface area (Å²) in [6.45, 7) is 8.31. The number of anilines is 1. The number of nitrogens with zero attached hydrogens (tertiary/aromatic N) is 2. The maximum absolute atomic E-state index is 13.5. The van der Waals surface area contributed by atoms with E-state index in [0.717, 1.165) is 28.2 Å².